The number of rotatable bonds is 2. The van der Waals surface area contributed by atoms with Gasteiger partial charge < -0.3 is 9.64 Å². The number of hydrogen-bond acceptors (Lipinski definition) is 2. The molecule has 1 aromatic rings. The number of carbonyl (C=O) groups is 1. The third kappa shape index (κ3) is 1.75. The van der Waals surface area contributed by atoms with Crippen LogP contribution in [0.25, 0.3) is 0 Å². The van der Waals surface area contributed by atoms with Gasteiger partial charge in [0, 0.05) is 12.1 Å². The van der Waals surface area contributed by atoms with Crippen molar-refractivity contribution in [1.82, 2.24) is 4.90 Å². The highest BCUT2D eigenvalue weighted by atomic mass is 16.5. The van der Waals surface area contributed by atoms with Crippen LogP contribution in [0.3, 0.4) is 0 Å². The van der Waals surface area contributed by atoms with E-state index in [0.29, 0.717) is 19.3 Å². The molecule has 17 heavy (non-hydrogen) atoms. The summed E-state index contributed by atoms with van der Waals surface area (Å²) in [5, 5.41) is 0. The number of ether oxygens (including phenoxy) is 1. The molecule has 3 rings (SSSR count). The van der Waals surface area contributed by atoms with Gasteiger partial charge in [-0.15, -0.1) is 0 Å². The highest BCUT2D eigenvalue weighted by molar-refractivity contribution is 5.97. The third-order valence-corrected chi connectivity index (χ3v) is 3.76. The predicted molar refractivity (Wildman–Crippen MR) is 65.2 cm³/mol. The van der Waals surface area contributed by atoms with Crippen LogP contribution in [-0.2, 0) is 17.6 Å². The van der Waals surface area contributed by atoms with Crippen LogP contribution >= 0.6 is 0 Å². The fourth-order valence-corrected chi connectivity index (χ4v) is 2.51. The molecule has 0 unspecified atom stereocenters. The minimum Gasteiger partial charge on any atom is -0.377 e. The normalized spacial score (nSPS) is 20.1. The van der Waals surface area contributed by atoms with E-state index >= 15 is 0 Å². The lowest BCUT2D eigenvalue weighted by Crippen LogP contribution is -2.54. The molecule has 90 valence electrons. The van der Waals surface area contributed by atoms with Crippen LogP contribution in [-0.4, -0.2) is 36.6 Å². The first-order chi connectivity index (χ1) is 8.29. The molecule has 0 N–H and O–H groups in total. The quantitative estimate of drug-likeness (QED) is 0.774. The van der Waals surface area contributed by atoms with Gasteiger partial charge in [0.15, 0.2) is 0 Å². The van der Waals surface area contributed by atoms with Crippen LogP contribution in [0.1, 0.15) is 28.4 Å². The van der Waals surface area contributed by atoms with Gasteiger partial charge in [-0.2, -0.15) is 0 Å². The molecule has 3 heteroatoms. The Balaban J connectivity index is 1.92. The highest BCUT2D eigenvalue weighted by Gasteiger charge is 2.33. The van der Waals surface area contributed by atoms with Gasteiger partial charge in [0.2, 0.25) is 0 Å². The van der Waals surface area contributed by atoms with E-state index < -0.39 is 0 Å². The van der Waals surface area contributed by atoms with Gasteiger partial charge in [-0.25, -0.2) is 0 Å². The van der Waals surface area contributed by atoms with E-state index in [0.717, 1.165) is 24.9 Å². The number of carbonyl (C=O) groups excluding carboxylic acids is 1. The summed E-state index contributed by atoms with van der Waals surface area (Å²) in [6, 6.07) is 6.61. The van der Waals surface area contributed by atoms with Crippen molar-refractivity contribution in [2.24, 2.45) is 0 Å². The van der Waals surface area contributed by atoms with Crippen molar-refractivity contribution in [1.29, 1.82) is 0 Å². The summed E-state index contributed by atoms with van der Waals surface area (Å²) in [6.07, 6.45) is 1.95. The monoisotopic (exact) mass is 231 g/mol. The lowest BCUT2D eigenvalue weighted by Gasteiger charge is -2.40. The summed E-state index contributed by atoms with van der Waals surface area (Å²) in [6.45, 7) is 4.36. The fraction of sp³-hybridized carbons (Fsp3) is 0.500. The first-order valence-corrected chi connectivity index (χ1v) is 6.30. The average Bonchev–Trinajstić information content (AvgIpc) is 2.30. The first-order valence-electron chi connectivity index (χ1n) is 6.30. The zero-order chi connectivity index (χ0) is 11.8. The molecule has 3 nitrogen and oxygen atoms in total. The Morgan fingerprint density at radius 1 is 1.41 bits per heavy atom. The maximum Gasteiger partial charge on any atom is 0.254 e. The van der Waals surface area contributed by atoms with Crippen LogP contribution in [0.2, 0.25) is 0 Å². The van der Waals surface area contributed by atoms with E-state index in [2.05, 4.69) is 25.1 Å². The smallest absolute Gasteiger partial charge is 0.254 e. The van der Waals surface area contributed by atoms with Crippen LogP contribution in [0.4, 0.5) is 0 Å². The molecule has 0 aliphatic carbocycles. The molecule has 0 aromatic heterocycles. The SMILES string of the molecule is CCc1ccc2c(c1)C(=O)N(C1COC1)CC2. The highest BCUT2D eigenvalue weighted by Crippen LogP contribution is 2.24. The largest absolute Gasteiger partial charge is 0.377 e. The Hall–Kier alpha value is -1.35. The van der Waals surface area contributed by atoms with Crippen LogP contribution in [0, 0.1) is 0 Å². The standard InChI is InChI=1S/C14H17NO2/c1-2-10-3-4-11-5-6-15(12-8-17-9-12)14(16)13(11)7-10/h3-4,7,12H,2,5-6,8-9H2,1H3. The Morgan fingerprint density at radius 2 is 2.24 bits per heavy atom. The van der Waals surface area contributed by atoms with Gasteiger partial charge in [0.1, 0.15) is 0 Å². The third-order valence-electron chi connectivity index (χ3n) is 3.76. The summed E-state index contributed by atoms with van der Waals surface area (Å²) >= 11 is 0. The second-order valence-corrected chi connectivity index (χ2v) is 4.78. The molecular weight excluding hydrogens is 214 g/mol. The minimum atomic E-state index is 0.190. The Morgan fingerprint density at radius 3 is 2.88 bits per heavy atom. The Kier molecular flexibility index (Phi) is 2.63. The Labute approximate surface area is 101 Å². The van der Waals surface area contributed by atoms with E-state index in [1.165, 1.54) is 11.1 Å². The zero-order valence-corrected chi connectivity index (χ0v) is 10.1. The van der Waals surface area contributed by atoms with E-state index in [1.807, 2.05) is 4.90 Å². The van der Waals surface area contributed by atoms with E-state index in [9.17, 15) is 4.79 Å². The van der Waals surface area contributed by atoms with Crippen molar-refractivity contribution in [2.75, 3.05) is 19.8 Å². The van der Waals surface area contributed by atoms with Gasteiger partial charge in [-0.3, -0.25) is 4.79 Å². The molecule has 0 bridgehead atoms. The molecule has 0 radical (unpaired) electrons. The molecular formula is C14H17NO2. The molecule has 2 heterocycles. The van der Waals surface area contributed by atoms with Crippen molar-refractivity contribution >= 4 is 5.91 Å². The second kappa shape index (κ2) is 4.15. The van der Waals surface area contributed by atoms with Crippen LogP contribution in [0.15, 0.2) is 18.2 Å². The average molecular weight is 231 g/mol. The number of fused-ring (bicyclic) bond motifs is 1. The van der Waals surface area contributed by atoms with Crippen LogP contribution < -0.4 is 0 Å². The molecule has 1 aromatic carbocycles. The molecule has 1 amide bonds. The summed E-state index contributed by atoms with van der Waals surface area (Å²) < 4.78 is 5.18. The maximum absolute atomic E-state index is 12.4. The summed E-state index contributed by atoms with van der Waals surface area (Å²) in [5.74, 6) is 0.190. The van der Waals surface area contributed by atoms with Gasteiger partial charge in [-0.1, -0.05) is 19.1 Å². The van der Waals surface area contributed by atoms with Gasteiger partial charge in [0.05, 0.1) is 19.3 Å². The van der Waals surface area contributed by atoms with E-state index in [-0.39, 0.29) is 5.91 Å². The fourth-order valence-electron chi connectivity index (χ4n) is 2.51. The number of hydrogen-bond donors (Lipinski definition) is 0. The van der Waals surface area contributed by atoms with Crippen molar-refractivity contribution in [2.45, 2.75) is 25.8 Å². The topological polar surface area (TPSA) is 29.5 Å². The zero-order valence-electron chi connectivity index (χ0n) is 10.1. The summed E-state index contributed by atoms with van der Waals surface area (Å²) in [7, 11) is 0. The molecule has 2 aliphatic rings. The molecule has 2 aliphatic heterocycles. The van der Waals surface area contributed by atoms with Gasteiger partial charge >= 0.3 is 0 Å². The first kappa shape index (κ1) is 10.8. The predicted octanol–water partition coefficient (Wildman–Crippen LogP) is 1.65. The molecule has 0 spiro atoms. The summed E-state index contributed by atoms with van der Waals surface area (Å²) in [4.78, 5) is 14.4. The molecule has 1 fully saturated rings. The van der Waals surface area contributed by atoms with Crippen molar-refractivity contribution < 1.29 is 9.53 Å². The number of aryl methyl sites for hydroxylation is 1. The lowest BCUT2D eigenvalue weighted by molar-refractivity contribution is -0.0549. The maximum atomic E-state index is 12.4. The van der Waals surface area contributed by atoms with Crippen molar-refractivity contribution in [3.8, 4) is 0 Å². The second-order valence-electron chi connectivity index (χ2n) is 4.78. The van der Waals surface area contributed by atoms with Gasteiger partial charge in [0.25, 0.3) is 5.91 Å². The number of benzene rings is 1. The molecule has 1 saturated heterocycles. The van der Waals surface area contributed by atoms with Crippen LogP contribution in [0.5, 0.6) is 0 Å². The van der Waals surface area contributed by atoms with Crippen molar-refractivity contribution in [3.63, 3.8) is 0 Å². The van der Waals surface area contributed by atoms with E-state index in [4.69, 9.17) is 4.74 Å². The van der Waals surface area contributed by atoms with E-state index in [1.54, 1.807) is 0 Å². The summed E-state index contributed by atoms with van der Waals surface area (Å²) in [5.41, 5.74) is 3.34. The van der Waals surface area contributed by atoms with Crippen molar-refractivity contribution in [3.05, 3.63) is 34.9 Å². The van der Waals surface area contributed by atoms with Gasteiger partial charge in [-0.05, 0) is 30.0 Å². The lowest BCUT2D eigenvalue weighted by atomic mass is 9.94. The molecule has 0 saturated carbocycles. The minimum absolute atomic E-state index is 0.190. The molecule has 0 atom stereocenters. The number of amides is 1. The number of nitrogens with zero attached hydrogens (tertiary/aromatic N) is 1. The Bertz CT molecular complexity index is 452.